The van der Waals surface area contributed by atoms with Gasteiger partial charge >= 0.3 is 12.1 Å². The quantitative estimate of drug-likeness (QED) is 0.310. The van der Waals surface area contributed by atoms with E-state index in [9.17, 15) is 14.7 Å². The van der Waals surface area contributed by atoms with Gasteiger partial charge in [-0.05, 0) is 62.8 Å². The fourth-order valence-electron chi connectivity index (χ4n) is 3.62. The van der Waals surface area contributed by atoms with Gasteiger partial charge in [-0.25, -0.2) is 4.79 Å². The normalized spacial score (nSPS) is 13.8. The van der Waals surface area contributed by atoms with Gasteiger partial charge in [0.1, 0.15) is 5.60 Å². The first kappa shape index (κ1) is 29.3. The van der Waals surface area contributed by atoms with Crippen molar-refractivity contribution in [2.75, 3.05) is 30.0 Å². The summed E-state index contributed by atoms with van der Waals surface area (Å²) < 4.78 is 5.42. The van der Waals surface area contributed by atoms with Crippen molar-refractivity contribution in [3.05, 3.63) is 29.3 Å². The number of amides is 1. The highest BCUT2D eigenvalue weighted by molar-refractivity contribution is 6.18. The third-order valence-corrected chi connectivity index (χ3v) is 5.30. The molecule has 1 aromatic carbocycles. The Hall–Kier alpha value is -1.70. The van der Waals surface area contributed by atoms with Crippen LogP contribution in [-0.4, -0.2) is 53.7 Å². The number of aryl methyl sites for hydroxylation is 1. The van der Waals surface area contributed by atoms with E-state index in [-0.39, 0.29) is 0 Å². The minimum Gasteiger partial charge on any atom is -0.481 e. The highest BCUT2D eigenvalue weighted by Gasteiger charge is 2.40. The summed E-state index contributed by atoms with van der Waals surface area (Å²) in [6, 6.07) is 5.08. The molecule has 1 rings (SSSR count). The second-order valence-corrected chi connectivity index (χ2v) is 10.8. The third kappa shape index (κ3) is 9.98. The largest absolute Gasteiger partial charge is 0.481 e. The van der Waals surface area contributed by atoms with Gasteiger partial charge in [0.25, 0.3) is 0 Å². The Morgan fingerprint density at radius 3 is 2.24 bits per heavy atom. The summed E-state index contributed by atoms with van der Waals surface area (Å²) in [7, 11) is 0. The number of hydrogen-bond acceptors (Lipinski definition) is 5. The molecule has 2 N–H and O–H groups in total. The van der Waals surface area contributed by atoms with Crippen LogP contribution in [-0.2, 0) is 20.8 Å². The Morgan fingerprint density at radius 2 is 1.76 bits per heavy atom. The Bertz CT molecular complexity index is 790. The molecule has 1 amide bonds. The molecule has 1 unspecified atom stereocenters. The standard InChI is InChI=1S/C24H38Cl2N2O5/c1-16-8-9-18(28(12-10-25)32-13-11-26)14-17(16)15-19(20(21(29)30)23(2,3)4)27-22(31)33-24(5,6)7/h8-9,14,19-20H,10-13,15H2,1-7H3,(H,27,31)(H,29,30)/t19-,20?/m1/s1. The molecule has 9 heteroatoms. The maximum absolute atomic E-state index is 12.6. The lowest BCUT2D eigenvalue weighted by molar-refractivity contribution is -0.146. The molecule has 0 fully saturated rings. The molecule has 0 saturated carbocycles. The molecule has 7 nitrogen and oxygen atoms in total. The molecular weight excluding hydrogens is 467 g/mol. The highest BCUT2D eigenvalue weighted by atomic mass is 35.5. The number of hydroxylamine groups is 1. The number of alkyl carbamates (subject to hydrolysis) is 1. The number of ether oxygens (including phenoxy) is 1. The van der Waals surface area contributed by atoms with E-state index in [0.717, 1.165) is 16.8 Å². The van der Waals surface area contributed by atoms with Gasteiger partial charge < -0.3 is 15.2 Å². The van der Waals surface area contributed by atoms with Crippen LogP contribution in [0.2, 0.25) is 0 Å². The number of rotatable bonds is 11. The van der Waals surface area contributed by atoms with E-state index in [2.05, 4.69) is 5.32 Å². The molecule has 2 atom stereocenters. The average molecular weight is 505 g/mol. The number of nitrogens with zero attached hydrogens (tertiary/aromatic N) is 1. The van der Waals surface area contributed by atoms with Crippen molar-refractivity contribution >= 4 is 41.0 Å². The molecular formula is C24H38Cl2N2O5. The Balaban J connectivity index is 3.34. The summed E-state index contributed by atoms with van der Waals surface area (Å²) >= 11 is 11.7. The molecule has 0 radical (unpaired) electrons. The van der Waals surface area contributed by atoms with Crippen molar-refractivity contribution < 1.29 is 24.3 Å². The molecule has 1 aromatic rings. The smallest absolute Gasteiger partial charge is 0.407 e. The van der Waals surface area contributed by atoms with Crippen LogP contribution in [0.25, 0.3) is 0 Å². The van der Waals surface area contributed by atoms with Gasteiger partial charge in [-0.3, -0.25) is 14.7 Å². The minimum absolute atomic E-state index is 0.303. The highest BCUT2D eigenvalue weighted by Crippen LogP contribution is 2.32. The minimum atomic E-state index is -0.980. The zero-order valence-corrected chi connectivity index (χ0v) is 22.2. The van der Waals surface area contributed by atoms with E-state index < -0.39 is 35.0 Å². The first-order valence-corrected chi connectivity index (χ1v) is 12.1. The number of nitrogens with one attached hydrogen (secondary N) is 1. The number of benzene rings is 1. The molecule has 33 heavy (non-hydrogen) atoms. The summed E-state index contributed by atoms with van der Waals surface area (Å²) in [5.41, 5.74) is 1.33. The van der Waals surface area contributed by atoms with Crippen LogP contribution in [0.4, 0.5) is 10.5 Å². The molecule has 0 bridgehead atoms. The molecule has 0 aliphatic heterocycles. The lowest BCUT2D eigenvalue weighted by Gasteiger charge is -2.35. The van der Waals surface area contributed by atoms with Crippen LogP contribution in [0, 0.1) is 18.3 Å². The van der Waals surface area contributed by atoms with Gasteiger partial charge in [-0.1, -0.05) is 26.8 Å². The summed E-state index contributed by atoms with van der Waals surface area (Å²) in [5, 5.41) is 14.5. The summed E-state index contributed by atoms with van der Waals surface area (Å²) in [6.07, 6.45) is -0.344. The number of aliphatic carboxylic acids is 1. The molecule has 0 spiro atoms. The van der Waals surface area contributed by atoms with E-state index in [1.165, 1.54) is 0 Å². The molecule has 0 aliphatic rings. The zero-order valence-electron chi connectivity index (χ0n) is 20.7. The Morgan fingerprint density at radius 1 is 1.12 bits per heavy atom. The molecule has 0 heterocycles. The number of carboxylic acid groups (broad SMARTS) is 1. The number of alkyl halides is 2. The number of hydrogen-bond donors (Lipinski definition) is 2. The van der Waals surface area contributed by atoms with Crippen molar-refractivity contribution in [2.45, 2.75) is 66.5 Å². The van der Waals surface area contributed by atoms with Crippen LogP contribution >= 0.6 is 23.2 Å². The van der Waals surface area contributed by atoms with E-state index in [4.69, 9.17) is 32.8 Å². The van der Waals surface area contributed by atoms with Gasteiger partial charge in [0.2, 0.25) is 0 Å². The van der Waals surface area contributed by atoms with Crippen molar-refractivity contribution in [1.29, 1.82) is 0 Å². The van der Waals surface area contributed by atoms with Crippen molar-refractivity contribution in [3.63, 3.8) is 0 Å². The van der Waals surface area contributed by atoms with E-state index in [1.54, 1.807) is 25.8 Å². The maximum atomic E-state index is 12.6. The molecule has 0 aromatic heterocycles. The van der Waals surface area contributed by atoms with Crippen LogP contribution < -0.4 is 10.4 Å². The Labute approximate surface area is 207 Å². The predicted octanol–water partition coefficient (Wildman–Crippen LogP) is 5.39. The van der Waals surface area contributed by atoms with Crippen LogP contribution in [0.1, 0.15) is 52.7 Å². The van der Waals surface area contributed by atoms with Gasteiger partial charge in [0.05, 0.1) is 30.8 Å². The molecule has 0 aliphatic carbocycles. The Kier molecular flexibility index (Phi) is 11.3. The van der Waals surface area contributed by atoms with E-state index >= 15 is 0 Å². The predicted molar refractivity (Wildman–Crippen MR) is 133 cm³/mol. The van der Waals surface area contributed by atoms with Gasteiger partial charge in [0, 0.05) is 11.8 Å². The lowest BCUT2D eigenvalue weighted by Crippen LogP contribution is -2.50. The number of halogens is 2. The first-order chi connectivity index (χ1) is 15.2. The number of carbonyl (C=O) groups is 2. The average Bonchev–Trinajstić information content (AvgIpc) is 2.63. The summed E-state index contributed by atoms with van der Waals surface area (Å²) in [6.45, 7) is 13.6. The zero-order chi connectivity index (χ0) is 25.4. The van der Waals surface area contributed by atoms with Crippen molar-refractivity contribution in [3.8, 4) is 0 Å². The topological polar surface area (TPSA) is 88.1 Å². The number of anilines is 1. The molecule has 188 valence electrons. The van der Waals surface area contributed by atoms with Crippen LogP contribution in [0.15, 0.2) is 18.2 Å². The lowest BCUT2D eigenvalue weighted by atomic mass is 9.74. The second kappa shape index (κ2) is 12.7. The number of carbonyl (C=O) groups excluding carboxylic acids is 1. The first-order valence-electron chi connectivity index (χ1n) is 11.0. The van der Waals surface area contributed by atoms with E-state index in [1.807, 2.05) is 45.9 Å². The maximum Gasteiger partial charge on any atom is 0.407 e. The van der Waals surface area contributed by atoms with Gasteiger partial charge in [0.15, 0.2) is 0 Å². The third-order valence-electron chi connectivity index (χ3n) is 4.98. The molecule has 0 saturated heterocycles. The van der Waals surface area contributed by atoms with Crippen molar-refractivity contribution in [1.82, 2.24) is 5.32 Å². The fourth-order valence-corrected chi connectivity index (χ4v) is 3.84. The van der Waals surface area contributed by atoms with Gasteiger partial charge in [-0.15, -0.1) is 23.2 Å². The second-order valence-electron chi connectivity index (χ2n) is 10.1. The summed E-state index contributed by atoms with van der Waals surface area (Å²) in [5.74, 6) is -1.13. The SMILES string of the molecule is Cc1ccc(N(CCCl)OCCCl)cc1C[C@@H](NC(=O)OC(C)(C)C)C(C(=O)O)C(C)(C)C. The van der Waals surface area contributed by atoms with Crippen LogP contribution in [0.3, 0.4) is 0 Å². The van der Waals surface area contributed by atoms with Crippen molar-refractivity contribution in [2.24, 2.45) is 11.3 Å². The fraction of sp³-hybridized carbons (Fsp3) is 0.667. The van der Waals surface area contributed by atoms with Crippen LogP contribution in [0.5, 0.6) is 0 Å². The van der Waals surface area contributed by atoms with Gasteiger partial charge in [-0.2, -0.15) is 0 Å². The van der Waals surface area contributed by atoms with E-state index in [0.29, 0.717) is 31.3 Å². The monoisotopic (exact) mass is 504 g/mol. The number of carboxylic acids is 1. The summed E-state index contributed by atoms with van der Waals surface area (Å²) in [4.78, 5) is 30.6.